The second kappa shape index (κ2) is 7.32. The fourth-order valence-corrected chi connectivity index (χ4v) is 1.92. The van der Waals surface area contributed by atoms with Crippen LogP contribution in [0.25, 0.3) is 6.08 Å². The molecule has 0 heterocycles. The molecule has 0 radical (unpaired) electrons. The second-order valence-electron chi connectivity index (χ2n) is 4.63. The number of nitrogens with zero attached hydrogens (tertiary/aromatic N) is 1. The number of anilines is 1. The zero-order valence-corrected chi connectivity index (χ0v) is 12.5. The van der Waals surface area contributed by atoms with Crippen LogP contribution in [0, 0.1) is 21.7 Å². The lowest BCUT2D eigenvalue weighted by Gasteiger charge is -2.08. The summed E-state index contributed by atoms with van der Waals surface area (Å²) in [5.41, 5.74) is -0.150. The molecule has 2 rings (SSSR count). The molecule has 0 atom stereocenters. The summed E-state index contributed by atoms with van der Waals surface area (Å²) < 4.78 is 31.1. The molecule has 8 heteroatoms. The van der Waals surface area contributed by atoms with E-state index in [-0.39, 0.29) is 17.0 Å². The number of rotatable bonds is 5. The van der Waals surface area contributed by atoms with Gasteiger partial charge in [0, 0.05) is 12.1 Å². The van der Waals surface area contributed by atoms with E-state index in [1.807, 2.05) is 0 Å². The van der Waals surface area contributed by atoms with Crippen LogP contribution in [-0.2, 0) is 4.79 Å². The largest absolute Gasteiger partial charge is 0.494 e. The smallest absolute Gasteiger partial charge is 0.279 e. The number of hydrogen-bond donors (Lipinski definition) is 1. The van der Waals surface area contributed by atoms with Crippen molar-refractivity contribution < 1.29 is 23.2 Å². The molecule has 0 aliphatic carbocycles. The number of nitro groups is 1. The van der Waals surface area contributed by atoms with Gasteiger partial charge in [-0.3, -0.25) is 14.9 Å². The number of ether oxygens (including phenoxy) is 1. The number of nitro benzene ring substituents is 1. The van der Waals surface area contributed by atoms with E-state index in [4.69, 9.17) is 4.74 Å². The number of carbonyl (C=O) groups excluding carboxylic acids is 1. The Kier molecular flexibility index (Phi) is 5.20. The Morgan fingerprint density at radius 2 is 1.88 bits per heavy atom. The van der Waals surface area contributed by atoms with E-state index in [1.54, 1.807) is 0 Å². The number of carbonyl (C=O) groups is 1. The Morgan fingerprint density at radius 3 is 2.54 bits per heavy atom. The van der Waals surface area contributed by atoms with Crippen molar-refractivity contribution in [2.75, 3.05) is 12.4 Å². The normalized spacial score (nSPS) is 10.6. The summed E-state index contributed by atoms with van der Waals surface area (Å²) >= 11 is 0. The zero-order chi connectivity index (χ0) is 17.7. The Labute approximate surface area is 135 Å². The summed E-state index contributed by atoms with van der Waals surface area (Å²) in [7, 11) is 1.32. The third-order valence-electron chi connectivity index (χ3n) is 3.02. The van der Waals surface area contributed by atoms with Gasteiger partial charge in [-0.2, -0.15) is 0 Å². The van der Waals surface area contributed by atoms with Crippen LogP contribution in [0.1, 0.15) is 5.56 Å². The van der Waals surface area contributed by atoms with Crippen molar-refractivity contribution in [3.63, 3.8) is 0 Å². The van der Waals surface area contributed by atoms with Crippen molar-refractivity contribution in [1.29, 1.82) is 0 Å². The molecule has 24 heavy (non-hydrogen) atoms. The van der Waals surface area contributed by atoms with Gasteiger partial charge < -0.3 is 10.1 Å². The van der Waals surface area contributed by atoms with E-state index in [2.05, 4.69) is 5.32 Å². The monoisotopic (exact) mass is 334 g/mol. The molecule has 6 nitrogen and oxygen atoms in total. The minimum atomic E-state index is -0.751. The van der Waals surface area contributed by atoms with Crippen molar-refractivity contribution in [3.8, 4) is 5.75 Å². The maximum Gasteiger partial charge on any atom is 0.279 e. The van der Waals surface area contributed by atoms with Gasteiger partial charge in [-0.05, 0) is 30.3 Å². The molecule has 1 amide bonds. The molecule has 0 aliphatic rings. The highest BCUT2D eigenvalue weighted by Gasteiger charge is 2.13. The predicted molar refractivity (Wildman–Crippen MR) is 83.7 cm³/mol. The lowest BCUT2D eigenvalue weighted by molar-refractivity contribution is -0.385. The van der Waals surface area contributed by atoms with Crippen molar-refractivity contribution >= 4 is 23.4 Å². The van der Waals surface area contributed by atoms with E-state index in [1.165, 1.54) is 25.3 Å². The molecule has 0 unspecified atom stereocenters. The van der Waals surface area contributed by atoms with E-state index in [9.17, 15) is 23.7 Å². The molecule has 0 saturated heterocycles. The number of methoxy groups -OCH3 is 1. The summed E-state index contributed by atoms with van der Waals surface area (Å²) in [5.74, 6) is -1.76. The number of nitrogens with one attached hydrogen (secondary N) is 1. The second-order valence-corrected chi connectivity index (χ2v) is 4.63. The SMILES string of the molecule is COc1cc(F)ccc1NC(=O)C=Cc1ccc(F)cc1[N+](=O)[O-]. The minimum Gasteiger partial charge on any atom is -0.494 e. The molecule has 0 aromatic heterocycles. The molecule has 1 N–H and O–H groups in total. The zero-order valence-electron chi connectivity index (χ0n) is 12.5. The minimum absolute atomic E-state index is 0.0719. The highest BCUT2D eigenvalue weighted by Crippen LogP contribution is 2.25. The van der Waals surface area contributed by atoms with Crippen LogP contribution in [0.5, 0.6) is 5.75 Å². The van der Waals surface area contributed by atoms with Crippen LogP contribution in [-0.4, -0.2) is 17.9 Å². The molecule has 0 aliphatic heterocycles. The third-order valence-corrected chi connectivity index (χ3v) is 3.02. The van der Waals surface area contributed by atoms with Gasteiger partial charge in [0.05, 0.1) is 29.4 Å². The van der Waals surface area contributed by atoms with Crippen molar-refractivity contribution in [2.45, 2.75) is 0 Å². The topological polar surface area (TPSA) is 81.5 Å². The van der Waals surface area contributed by atoms with Gasteiger partial charge >= 0.3 is 0 Å². The van der Waals surface area contributed by atoms with E-state index < -0.39 is 28.2 Å². The highest BCUT2D eigenvalue weighted by molar-refractivity contribution is 6.03. The first-order valence-electron chi connectivity index (χ1n) is 6.67. The van der Waals surface area contributed by atoms with Crippen LogP contribution in [0.2, 0.25) is 0 Å². The summed E-state index contributed by atoms with van der Waals surface area (Å²) in [6.07, 6.45) is 2.23. The first-order chi connectivity index (χ1) is 11.4. The Hall–Kier alpha value is -3.29. The molecule has 0 bridgehead atoms. The van der Waals surface area contributed by atoms with Gasteiger partial charge in [-0.25, -0.2) is 8.78 Å². The first-order valence-corrected chi connectivity index (χ1v) is 6.67. The molecule has 0 fully saturated rings. The predicted octanol–water partition coefficient (Wildman–Crippen LogP) is 3.53. The third kappa shape index (κ3) is 4.13. The van der Waals surface area contributed by atoms with Gasteiger partial charge in [-0.1, -0.05) is 0 Å². The van der Waals surface area contributed by atoms with E-state index >= 15 is 0 Å². The molecular weight excluding hydrogens is 322 g/mol. The first kappa shape index (κ1) is 17.1. The number of hydrogen-bond acceptors (Lipinski definition) is 4. The Bertz CT molecular complexity index is 822. The van der Waals surface area contributed by atoms with Crippen LogP contribution < -0.4 is 10.1 Å². The quantitative estimate of drug-likeness (QED) is 0.515. The summed E-state index contributed by atoms with van der Waals surface area (Å²) in [5, 5.41) is 13.3. The summed E-state index contributed by atoms with van der Waals surface area (Å²) in [6, 6.07) is 6.57. The standard InChI is InChI=1S/C16H12F2N2O4/c1-24-15-9-12(18)5-6-13(15)19-16(21)7-3-10-2-4-11(17)8-14(10)20(22)23/h2-9H,1H3,(H,19,21). The molecular formula is C16H12F2N2O4. The molecule has 124 valence electrons. The summed E-state index contributed by atoms with van der Waals surface area (Å²) in [6.45, 7) is 0. The van der Waals surface area contributed by atoms with Crippen LogP contribution >= 0.6 is 0 Å². The lowest BCUT2D eigenvalue weighted by Crippen LogP contribution is -2.09. The number of amides is 1. The average Bonchev–Trinajstić information content (AvgIpc) is 2.55. The van der Waals surface area contributed by atoms with E-state index in [0.717, 1.165) is 30.3 Å². The van der Waals surface area contributed by atoms with Gasteiger partial charge in [0.15, 0.2) is 0 Å². The fraction of sp³-hybridized carbons (Fsp3) is 0.0625. The number of halogens is 2. The van der Waals surface area contributed by atoms with Crippen LogP contribution in [0.3, 0.4) is 0 Å². The molecule has 2 aromatic rings. The van der Waals surface area contributed by atoms with Gasteiger partial charge in [-0.15, -0.1) is 0 Å². The molecule has 0 spiro atoms. The van der Waals surface area contributed by atoms with Gasteiger partial charge in [0.1, 0.15) is 17.4 Å². The number of benzene rings is 2. The van der Waals surface area contributed by atoms with Gasteiger partial charge in [0.25, 0.3) is 5.69 Å². The summed E-state index contributed by atoms with van der Waals surface area (Å²) in [4.78, 5) is 22.0. The fourth-order valence-electron chi connectivity index (χ4n) is 1.92. The highest BCUT2D eigenvalue weighted by atomic mass is 19.1. The van der Waals surface area contributed by atoms with Crippen molar-refractivity contribution in [3.05, 3.63) is 69.8 Å². The van der Waals surface area contributed by atoms with Crippen LogP contribution in [0.4, 0.5) is 20.2 Å². The Morgan fingerprint density at radius 1 is 1.21 bits per heavy atom. The van der Waals surface area contributed by atoms with Crippen LogP contribution in [0.15, 0.2) is 42.5 Å². The maximum atomic E-state index is 13.1. The van der Waals surface area contributed by atoms with Gasteiger partial charge in [0.2, 0.25) is 5.91 Å². The van der Waals surface area contributed by atoms with E-state index in [0.29, 0.717) is 0 Å². The molecule has 0 saturated carbocycles. The maximum absolute atomic E-state index is 13.1. The Balaban J connectivity index is 2.19. The molecule has 2 aromatic carbocycles. The van der Waals surface area contributed by atoms with Crippen molar-refractivity contribution in [1.82, 2.24) is 0 Å². The lowest BCUT2D eigenvalue weighted by atomic mass is 10.1. The van der Waals surface area contributed by atoms with Crippen molar-refractivity contribution in [2.24, 2.45) is 0 Å². The average molecular weight is 334 g/mol.